The van der Waals surface area contributed by atoms with E-state index in [9.17, 15) is 0 Å². The minimum absolute atomic E-state index is 0.349. The summed E-state index contributed by atoms with van der Waals surface area (Å²) in [6, 6.07) is 2.62. The van der Waals surface area contributed by atoms with Crippen molar-refractivity contribution in [1.29, 1.82) is 0 Å². The minimum Gasteiger partial charge on any atom is -0.377 e. The summed E-state index contributed by atoms with van der Waals surface area (Å²) in [7, 11) is 0. The SMILES string of the molecule is CCCNC(Cc1cc(C)nn1CC)C(OCC)C1CC1. The second-order valence-electron chi connectivity index (χ2n) is 6.11. The van der Waals surface area contributed by atoms with Crippen LogP contribution in [0.2, 0.25) is 0 Å². The van der Waals surface area contributed by atoms with Crippen LogP contribution in [0, 0.1) is 12.8 Å². The smallest absolute Gasteiger partial charge is 0.0759 e. The van der Waals surface area contributed by atoms with Gasteiger partial charge in [0.25, 0.3) is 0 Å². The lowest BCUT2D eigenvalue weighted by Gasteiger charge is -2.28. The molecule has 1 aliphatic rings. The summed E-state index contributed by atoms with van der Waals surface area (Å²) >= 11 is 0. The van der Waals surface area contributed by atoms with Crippen molar-refractivity contribution in [3.63, 3.8) is 0 Å². The molecule has 1 aromatic rings. The zero-order valence-corrected chi connectivity index (χ0v) is 14.1. The monoisotopic (exact) mass is 293 g/mol. The van der Waals surface area contributed by atoms with Gasteiger partial charge in [0.15, 0.2) is 0 Å². The van der Waals surface area contributed by atoms with Gasteiger partial charge in [0.2, 0.25) is 0 Å². The first-order chi connectivity index (χ1) is 10.2. The van der Waals surface area contributed by atoms with E-state index in [1.54, 1.807) is 0 Å². The normalized spacial score (nSPS) is 17.9. The molecule has 0 bridgehead atoms. The van der Waals surface area contributed by atoms with Crippen LogP contribution in [0.5, 0.6) is 0 Å². The highest BCUT2D eigenvalue weighted by molar-refractivity contribution is 5.11. The average molecular weight is 293 g/mol. The van der Waals surface area contributed by atoms with E-state index < -0.39 is 0 Å². The van der Waals surface area contributed by atoms with Gasteiger partial charge in [0.05, 0.1) is 11.8 Å². The number of aromatic nitrogens is 2. The molecule has 4 heteroatoms. The van der Waals surface area contributed by atoms with Crippen LogP contribution < -0.4 is 5.32 Å². The maximum absolute atomic E-state index is 6.09. The Hall–Kier alpha value is -0.870. The van der Waals surface area contributed by atoms with Gasteiger partial charge < -0.3 is 10.1 Å². The van der Waals surface area contributed by atoms with Crippen molar-refractivity contribution in [2.24, 2.45) is 5.92 Å². The van der Waals surface area contributed by atoms with Gasteiger partial charge in [0.1, 0.15) is 0 Å². The van der Waals surface area contributed by atoms with Crippen LogP contribution in [0.25, 0.3) is 0 Å². The van der Waals surface area contributed by atoms with E-state index in [0.29, 0.717) is 12.1 Å². The Morgan fingerprint density at radius 3 is 2.71 bits per heavy atom. The first-order valence-electron chi connectivity index (χ1n) is 8.57. The summed E-state index contributed by atoms with van der Waals surface area (Å²) in [6.07, 6.45) is 5.16. The maximum Gasteiger partial charge on any atom is 0.0759 e. The molecule has 0 amide bonds. The van der Waals surface area contributed by atoms with Crippen LogP contribution in [0.15, 0.2) is 6.07 Å². The van der Waals surface area contributed by atoms with Gasteiger partial charge in [-0.15, -0.1) is 0 Å². The lowest BCUT2D eigenvalue weighted by molar-refractivity contribution is 0.0188. The van der Waals surface area contributed by atoms with E-state index in [4.69, 9.17) is 4.74 Å². The molecule has 21 heavy (non-hydrogen) atoms. The van der Waals surface area contributed by atoms with E-state index >= 15 is 0 Å². The molecule has 120 valence electrons. The summed E-state index contributed by atoms with van der Waals surface area (Å²) in [5.74, 6) is 0.749. The summed E-state index contributed by atoms with van der Waals surface area (Å²) < 4.78 is 8.22. The van der Waals surface area contributed by atoms with Crippen molar-refractivity contribution in [1.82, 2.24) is 15.1 Å². The number of nitrogens with one attached hydrogen (secondary N) is 1. The summed E-state index contributed by atoms with van der Waals surface area (Å²) in [4.78, 5) is 0. The molecule has 0 aliphatic heterocycles. The zero-order valence-electron chi connectivity index (χ0n) is 14.1. The first-order valence-corrected chi connectivity index (χ1v) is 8.57. The Morgan fingerprint density at radius 1 is 1.38 bits per heavy atom. The lowest BCUT2D eigenvalue weighted by Crippen LogP contribution is -2.45. The molecule has 0 radical (unpaired) electrons. The van der Waals surface area contributed by atoms with Gasteiger partial charge in [-0.1, -0.05) is 6.92 Å². The fourth-order valence-electron chi connectivity index (χ4n) is 3.09. The number of nitrogens with zero attached hydrogens (tertiary/aromatic N) is 2. The van der Waals surface area contributed by atoms with Crippen LogP contribution in [0.4, 0.5) is 0 Å². The number of rotatable bonds is 10. The lowest BCUT2D eigenvalue weighted by atomic mass is 10.0. The molecule has 1 heterocycles. The summed E-state index contributed by atoms with van der Waals surface area (Å²) in [6.45, 7) is 11.4. The van der Waals surface area contributed by atoms with Crippen molar-refractivity contribution >= 4 is 0 Å². The van der Waals surface area contributed by atoms with E-state index in [1.807, 2.05) is 0 Å². The Labute approximate surface area is 129 Å². The fourth-order valence-corrected chi connectivity index (χ4v) is 3.09. The summed E-state index contributed by atoms with van der Waals surface area (Å²) in [5.41, 5.74) is 2.44. The van der Waals surface area contributed by atoms with E-state index in [2.05, 4.69) is 48.9 Å². The Balaban J connectivity index is 2.10. The van der Waals surface area contributed by atoms with E-state index in [0.717, 1.165) is 44.1 Å². The predicted octanol–water partition coefficient (Wildman–Crippen LogP) is 2.94. The molecule has 2 unspecified atom stereocenters. The Bertz CT molecular complexity index is 426. The van der Waals surface area contributed by atoms with Gasteiger partial charge in [-0.25, -0.2) is 0 Å². The molecule has 0 saturated heterocycles. The second-order valence-corrected chi connectivity index (χ2v) is 6.11. The molecule has 4 nitrogen and oxygen atoms in total. The topological polar surface area (TPSA) is 39.1 Å². The summed E-state index contributed by atoms with van der Waals surface area (Å²) in [5, 5.41) is 8.29. The van der Waals surface area contributed by atoms with Gasteiger partial charge in [-0.3, -0.25) is 4.68 Å². The van der Waals surface area contributed by atoms with Crippen molar-refractivity contribution in [3.05, 3.63) is 17.5 Å². The number of hydrogen-bond acceptors (Lipinski definition) is 3. The van der Waals surface area contributed by atoms with Crippen molar-refractivity contribution in [2.45, 2.75) is 72.1 Å². The van der Waals surface area contributed by atoms with Gasteiger partial charge in [-0.05, 0) is 58.6 Å². The van der Waals surface area contributed by atoms with Crippen molar-refractivity contribution in [2.75, 3.05) is 13.2 Å². The third-order valence-corrected chi connectivity index (χ3v) is 4.21. The minimum atomic E-state index is 0.349. The van der Waals surface area contributed by atoms with Crippen LogP contribution in [0.1, 0.15) is 51.4 Å². The number of ether oxygens (including phenoxy) is 1. The van der Waals surface area contributed by atoms with Gasteiger partial charge >= 0.3 is 0 Å². The zero-order chi connectivity index (χ0) is 15.2. The van der Waals surface area contributed by atoms with Crippen LogP contribution in [0.3, 0.4) is 0 Å². The van der Waals surface area contributed by atoms with E-state index in [1.165, 1.54) is 18.5 Å². The molecule has 1 aromatic heterocycles. The molecule has 1 saturated carbocycles. The van der Waals surface area contributed by atoms with Crippen LogP contribution in [-0.4, -0.2) is 35.1 Å². The third-order valence-electron chi connectivity index (χ3n) is 4.21. The highest BCUT2D eigenvalue weighted by Gasteiger charge is 2.37. The predicted molar refractivity (Wildman–Crippen MR) is 86.6 cm³/mol. The molecular formula is C17H31N3O. The van der Waals surface area contributed by atoms with E-state index in [-0.39, 0.29) is 0 Å². The average Bonchev–Trinajstić information content (AvgIpc) is 3.24. The third kappa shape index (κ3) is 4.55. The molecule has 2 rings (SSSR count). The quantitative estimate of drug-likeness (QED) is 0.721. The molecule has 0 spiro atoms. The standard InChI is InChI=1S/C17H31N3O/c1-5-10-18-16(17(21-7-3)14-8-9-14)12-15-11-13(4)19-20(15)6-2/h11,14,16-18H,5-10,12H2,1-4H3. The molecule has 2 atom stereocenters. The molecule has 1 aliphatic carbocycles. The molecule has 1 N–H and O–H groups in total. The van der Waals surface area contributed by atoms with Crippen LogP contribution >= 0.6 is 0 Å². The first kappa shape index (κ1) is 16.5. The second kappa shape index (κ2) is 7.95. The molecule has 0 aromatic carbocycles. The number of hydrogen-bond donors (Lipinski definition) is 1. The molecule has 1 fully saturated rings. The maximum atomic E-state index is 6.09. The van der Waals surface area contributed by atoms with Crippen molar-refractivity contribution < 1.29 is 4.74 Å². The Kier molecular flexibility index (Phi) is 6.24. The van der Waals surface area contributed by atoms with Crippen LogP contribution in [-0.2, 0) is 17.7 Å². The largest absolute Gasteiger partial charge is 0.377 e. The highest BCUT2D eigenvalue weighted by atomic mass is 16.5. The van der Waals surface area contributed by atoms with Gasteiger partial charge in [-0.2, -0.15) is 5.10 Å². The highest BCUT2D eigenvalue weighted by Crippen LogP contribution is 2.36. The number of aryl methyl sites for hydroxylation is 2. The van der Waals surface area contributed by atoms with Crippen molar-refractivity contribution in [3.8, 4) is 0 Å². The molecular weight excluding hydrogens is 262 g/mol. The van der Waals surface area contributed by atoms with Gasteiger partial charge in [0, 0.05) is 31.3 Å². The Morgan fingerprint density at radius 2 is 2.14 bits per heavy atom. The fraction of sp³-hybridized carbons (Fsp3) is 0.824.